The van der Waals surface area contributed by atoms with E-state index in [2.05, 4.69) is 0 Å². The molecule has 34 heavy (non-hydrogen) atoms. The van der Waals surface area contributed by atoms with Crippen molar-refractivity contribution in [1.82, 2.24) is 14.8 Å². The third-order valence-electron chi connectivity index (χ3n) is 7.43. The third-order valence-corrected chi connectivity index (χ3v) is 7.43. The smallest absolute Gasteiger partial charge is 0.176 e. The molecule has 0 aromatic carbocycles. The molecule has 3 fully saturated rings. The van der Waals surface area contributed by atoms with Crippen molar-refractivity contribution in [1.29, 1.82) is 0 Å². The van der Waals surface area contributed by atoms with E-state index in [-0.39, 0.29) is 30.6 Å². The maximum atomic E-state index is 6.40. The van der Waals surface area contributed by atoms with Gasteiger partial charge in [-0.3, -0.25) is 0 Å². The number of fused-ring (bicyclic) bond motifs is 4. The van der Waals surface area contributed by atoms with Gasteiger partial charge in [0.05, 0.1) is 50.8 Å². The van der Waals surface area contributed by atoms with Crippen LogP contribution in [0.4, 0.5) is 0 Å². The highest BCUT2D eigenvalue weighted by Crippen LogP contribution is 2.28. The Kier molecular flexibility index (Phi) is 9.21. The SMILES string of the molecule is C1CCC(n2nc3nc2COC2CCCCC2OCCOCCOC2CCCCC2OC3)OC1. The minimum Gasteiger partial charge on any atom is -0.377 e. The molecular formula is C25H41N3O6. The maximum Gasteiger partial charge on any atom is 0.176 e. The third kappa shape index (κ3) is 6.56. The average Bonchev–Trinajstić information content (AvgIpc) is 3.30. The lowest BCUT2D eigenvalue weighted by Gasteiger charge is -2.32. The second kappa shape index (κ2) is 12.7. The summed E-state index contributed by atoms with van der Waals surface area (Å²) in [6.45, 7) is 3.86. The molecule has 4 aliphatic rings. The number of hydrogen-bond donors (Lipinski definition) is 0. The van der Waals surface area contributed by atoms with Crippen LogP contribution in [0.3, 0.4) is 0 Å². The first-order chi connectivity index (χ1) is 16.9. The van der Waals surface area contributed by atoms with Gasteiger partial charge >= 0.3 is 0 Å². The molecule has 2 aliphatic carbocycles. The van der Waals surface area contributed by atoms with Gasteiger partial charge in [-0.25, -0.2) is 9.67 Å². The largest absolute Gasteiger partial charge is 0.377 e. The lowest BCUT2D eigenvalue weighted by Crippen LogP contribution is -2.36. The summed E-state index contributed by atoms with van der Waals surface area (Å²) >= 11 is 0. The second-order valence-corrected chi connectivity index (χ2v) is 9.91. The van der Waals surface area contributed by atoms with Gasteiger partial charge in [-0.15, -0.1) is 0 Å². The molecule has 2 aliphatic heterocycles. The molecule has 5 rings (SSSR count). The Morgan fingerprint density at radius 2 is 1.15 bits per heavy atom. The molecule has 0 radical (unpaired) electrons. The van der Waals surface area contributed by atoms with Crippen LogP contribution >= 0.6 is 0 Å². The molecule has 5 unspecified atom stereocenters. The van der Waals surface area contributed by atoms with Crippen LogP contribution < -0.4 is 0 Å². The van der Waals surface area contributed by atoms with Crippen molar-refractivity contribution < 1.29 is 28.4 Å². The highest BCUT2D eigenvalue weighted by Gasteiger charge is 2.30. The van der Waals surface area contributed by atoms with Crippen molar-refractivity contribution in [2.45, 2.75) is 114 Å². The number of rotatable bonds is 1. The highest BCUT2D eigenvalue weighted by atomic mass is 16.6. The fourth-order valence-electron chi connectivity index (χ4n) is 5.58. The molecular weight excluding hydrogens is 438 g/mol. The standard InChI is InChI=1S/C25H41N3O6/c1-3-9-21-19(7-1)30-15-13-29-14-16-31-20-8-2-4-10-22(20)34-18-24-26-23(17-33-21)27-28(24)25-11-5-6-12-32-25/h19-22,25H,1-18H2. The minimum absolute atomic E-state index is 0.0658. The fraction of sp³-hybridized carbons (Fsp3) is 0.920. The molecule has 0 spiro atoms. The van der Waals surface area contributed by atoms with E-state index in [9.17, 15) is 0 Å². The maximum absolute atomic E-state index is 6.40. The summed E-state index contributed by atoms with van der Waals surface area (Å²) in [6.07, 6.45) is 12.2. The van der Waals surface area contributed by atoms with Crippen LogP contribution in [-0.2, 0) is 41.6 Å². The summed E-state index contributed by atoms with van der Waals surface area (Å²) in [5.41, 5.74) is 0. The van der Waals surface area contributed by atoms with Gasteiger partial charge in [0.1, 0.15) is 13.2 Å². The molecule has 192 valence electrons. The zero-order chi connectivity index (χ0) is 23.0. The number of ether oxygens (including phenoxy) is 6. The van der Waals surface area contributed by atoms with Gasteiger partial charge in [0, 0.05) is 6.61 Å². The summed E-state index contributed by atoms with van der Waals surface area (Å²) in [5, 5.41) is 4.82. The zero-order valence-electron chi connectivity index (χ0n) is 20.4. The van der Waals surface area contributed by atoms with Gasteiger partial charge in [-0.05, 0) is 44.9 Å². The summed E-state index contributed by atoms with van der Waals surface area (Å²) < 4.78 is 38.8. The van der Waals surface area contributed by atoms with E-state index in [0.29, 0.717) is 45.5 Å². The van der Waals surface area contributed by atoms with E-state index in [1.165, 1.54) is 19.3 Å². The first kappa shape index (κ1) is 24.6. The van der Waals surface area contributed by atoms with Crippen LogP contribution in [0.15, 0.2) is 0 Å². The Hall–Kier alpha value is -1.10. The summed E-state index contributed by atoms with van der Waals surface area (Å²) in [6, 6.07) is 0. The van der Waals surface area contributed by atoms with Crippen LogP contribution in [0.25, 0.3) is 0 Å². The van der Waals surface area contributed by atoms with Crippen molar-refractivity contribution in [3.8, 4) is 0 Å². The van der Waals surface area contributed by atoms with E-state index in [1.54, 1.807) is 0 Å². The van der Waals surface area contributed by atoms with Crippen LogP contribution in [0.1, 0.15) is 88.5 Å². The van der Waals surface area contributed by atoms with Gasteiger partial charge in [0.2, 0.25) is 0 Å². The average molecular weight is 480 g/mol. The molecule has 2 saturated carbocycles. The Labute approximate surface area is 202 Å². The second-order valence-electron chi connectivity index (χ2n) is 9.91. The lowest BCUT2D eigenvalue weighted by molar-refractivity contribution is -0.120. The molecule has 1 aromatic rings. The molecule has 0 amide bonds. The fourth-order valence-corrected chi connectivity index (χ4v) is 5.58. The number of hydrogen-bond acceptors (Lipinski definition) is 8. The zero-order valence-corrected chi connectivity index (χ0v) is 20.4. The molecule has 1 aromatic heterocycles. The van der Waals surface area contributed by atoms with Crippen molar-refractivity contribution in [2.24, 2.45) is 0 Å². The normalized spacial score (nSPS) is 34.9. The molecule has 5 atom stereocenters. The lowest BCUT2D eigenvalue weighted by atomic mass is 9.94. The molecule has 9 heteroatoms. The molecule has 9 nitrogen and oxygen atoms in total. The van der Waals surface area contributed by atoms with Crippen LogP contribution in [0.2, 0.25) is 0 Å². The highest BCUT2D eigenvalue weighted by molar-refractivity contribution is 4.94. The van der Waals surface area contributed by atoms with Crippen LogP contribution in [0.5, 0.6) is 0 Å². The van der Waals surface area contributed by atoms with Crippen molar-refractivity contribution in [2.75, 3.05) is 33.0 Å². The van der Waals surface area contributed by atoms with E-state index < -0.39 is 0 Å². The first-order valence-corrected chi connectivity index (χ1v) is 13.5. The Bertz CT molecular complexity index is 740. The van der Waals surface area contributed by atoms with Crippen molar-refractivity contribution in [3.63, 3.8) is 0 Å². The summed E-state index contributed by atoms with van der Waals surface area (Å²) in [5.74, 6) is 1.51. The molecule has 0 N–H and O–H groups in total. The topological polar surface area (TPSA) is 86.1 Å². The quantitative estimate of drug-likeness (QED) is 0.603. The Balaban J connectivity index is 1.32. The van der Waals surface area contributed by atoms with Crippen molar-refractivity contribution >= 4 is 0 Å². The molecule has 1 saturated heterocycles. The Morgan fingerprint density at radius 1 is 0.559 bits per heavy atom. The van der Waals surface area contributed by atoms with Gasteiger partial charge < -0.3 is 28.4 Å². The first-order valence-electron chi connectivity index (χ1n) is 13.5. The van der Waals surface area contributed by atoms with Gasteiger partial charge in [-0.1, -0.05) is 25.7 Å². The van der Waals surface area contributed by atoms with Crippen molar-refractivity contribution in [3.05, 3.63) is 11.6 Å². The van der Waals surface area contributed by atoms with E-state index >= 15 is 0 Å². The van der Waals surface area contributed by atoms with Gasteiger partial charge in [0.15, 0.2) is 17.9 Å². The summed E-state index contributed by atoms with van der Waals surface area (Å²) in [7, 11) is 0. The number of nitrogens with zero attached hydrogens (tertiary/aromatic N) is 3. The van der Waals surface area contributed by atoms with E-state index in [0.717, 1.165) is 63.8 Å². The van der Waals surface area contributed by atoms with Gasteiger partial charge in [-0.2, -0.15) is 5.10 Å². The van der Waals surface area contributed by atoms with Gasteiger partial charge in [0.25, 0.3) is 0 Å². The monoisotopic (exact) mass is 479 g/mol. The molecule has 2 bridgehead atoms. The summed E-state index contributed by atoms with van der Waals surface area (Å²) in [4.78, 5) is 4.84. The van der Waals surface area contributed by atoms with Crippen LogP contribution in [-0.4, -0.2) is 72.2 Å². The predicted octanol–water partition coefficient (Wildman–Crippen LogP) is 3.70. The predicted molar refractivity (Wildman–Crippen MR) is 123 cm³/mol. The van der Waals surface area contributed by atoms with E-state index in [4.69, 9.17) is 38.5 Å². The van der Waals surface area contributed by atoms with Crippen LogP contribution in [0, 0.1) is 0 Å². The van der Waals surface area contributed by atoms with E-state index in [1.807, 2.05) is 4.68 Å². The number of aromatic nitrogens is 3. The Morgan fingerprint density at radius 3 is 1.76 bits per heavy atom. The minimum atomic E-state index is -0.0796. The molecule has 3 heterocycles.